The summed E-state index contributed by atoms with van der Waals surface area (Å²) in [5, 5.41) is 2.41. The number of aliphatic imine (C=N–C) groups is 1. The Bertz CT molecular complexity index is 2660. The van der Waals surface area contributed by atoms with Crippen molar-refractivity contribution in [2.75, 3.05) is 0 Å². The first-order valence-corrected chi connectivity index (χ1v) is 19.5. The van der Waals surface area contributed by atoms with E-state index in [-0.39, 0.29) is 28.4 Å². The third kappa shape index (κ3) is 5.83. The quantitative estimate of drug-likeness (QED) is 0.178. The van der Waals surface area contributed by atoms with Crippen LogP contribution >= 0.6 is 0 Å². The van der Waals surface area contributed by atoms with Crippen LogP contribution < -0.4 is 4.74 Å². The molecule has 2 aliphatic heterocycles. The molecule has 0 saturated carbocycles. The summed E-state index contributed by atoms with van der Waals surface area (Å²) < 4.78 is 16.2. The Morgan fingerprint density at radius 3 is 2.05 bits per heavy atom. The highest BCUT2D eigenvalue weighted by atomic mass is 16.5. The number of aromatic nitrogens is 2. The van der Waals surface area contributed by atoms with Crippen molar-refractivity contribution in [2.45, 2.75) is 90.7 Å². The lowest BCUT2D eigenvalue weighted by atomic mass is 9.72. The first-order chi connectivity index (χ1) is 26.2. The Morgan fingerprint density at radius 2 is 1.36 bits per heavy atom. The fourth-order valence-electron chi connectivity index (χ4n) is 8.42. The maximum atomic E-state index is 6.99. The van der Waals surface area contributed by atoms with E-state index in [1.165, 1.54) is 33.0 Å². The van der Waals surface area contributed by atoms with Crippen LogP contribution in [0.1, 0.15) is 112 Å². The zero-order valence-corrected chi connectivity index (χ0v) is 33.4. The minimum Gasteiger partial charge on any atom is -0.467 e. The van der Waals surface area contributed by atoms with Crippen molar-refractivity contribution in [3.63, 3.8) is 0 Å². The van der Waals surface area contributed by atoms with Crippen molar-refractivity contribution >= 4 is 27.8 Å². The predicted octanol–water partition coefficient (Wildman–Crippen LogP) is 12.8. The summed E-state index contributed by atoms with van der Waals surface area (Å²) in [6.07, 6.45) is 1.66. The number of ether oxygens (including phenoxy) is 2. The first kappa shape index (κ1) is 35.0. The van der Waals surface area contributed by atoms with E-state index >= 15 is 0 Å². The molecule has 5 nitrogen and oxygen atoms in total. The summed E-state index contributed by atoms with van der Waals surface area (Å²) >= 11 is 0. The van der Waals surface area contributed by atoms with Crippen molar-refractivity contribution in [3.05, 3.63) is 166 Å². The Morgan fingerprint density at radius 1 is 0.691 bits per heavy atom. The number of fused-ring (bicyclic) bond motifs is 5. The standard InChI is InChI=1S/C50H49N3O2/c1-30-23-39-41(53-44-38(37-21-16-22-51-46(37)53)27-35(49(5,6)7)28-40(44)50(39,8)9)29-42(30)54-36-25-33(24-34(26-36)48(2,3)4)47-52-43(31-17-12-10-13-18-31)45(55-47)32-19-14-11-15-20-32/h10-29,43,45H,1-9H3/t43-,45-/m1/s1. The van der Waals surface area contributed by atoms with Crippen LogP contribution in [0.3, 0.4) is 0 Å². The van der Waals surface area contributed by atoms with Gasteiger partial charge >= 0.3 is 0 Å². The molecule has 5 aromatic carbocycles. The molecule has 0 N–H and O–H groups in total. The topological polar surface area (TPSA) is 48.6 Å². The van der Waals surface area contributed by atoms with Crippen LogP contribution in [-0.4, -0.2) is 15.4 Å². The van der Waals surface area contributed by atoms with Gasteiger partial charge in [0.25, 0.3) is 0 Å². The molecule has 2 aromatic heterocycles. The van der Waals surface area contributed by atoms with Gasteiger partial charge in [-0.3, -0.25) is 4.57 Å². The molecule has 0 amide bonds. The first-order valence-electron chi connectivity index (χ1n) is 19.5. The molecule has 0 aliphatic carbocycles. The van der Waals surface area contributed by atoms with E-state index in [1.54, 1.807) is 0 Å². The molecular formula is C50H49N3O2. The van der Waals surface area contributed by atoms with Crippen molar-refractivity contribution in [1.29, 1.82) is 0 Å². The van der Waals surface area contributed by atoms with Gasteiger partial charge in [-0.05, 0) is 99.2 Å². The number of rotatable bonds is 5. The highest BCUT2D eigenvalue weighted by molar-refractivity contribution is 6.10. The summed E-state index contributed by atoms with van der Waals surface area (Å²) in [5.74, 6) is 2.19. The van der Waals surface area contributed by atoms with Crippen LogP contribution in [0.4, 0.5) is 0 Å². The molecule has 0 unspecified atom stereocenters. The van der Waals surface area contributed by atoms with Gasteiger partial charge in [0.2, 0.25) is 5.90 Å². The zero-order chi connectivity index (χ0) is 38.4. The van der Waals surface area contributed by atoms with Crippen molar-refractivity contribution in [3.8, 4) is 17.2 Å². The van der Waals surface area contributed by atoms with Gasteiger partial charge in [0.1, 0.15) is 23.2 Å². The Balaban J connectivity index is 1.18. The van der Waals surface area contributed by atoms with Gasteiger partial charge in [-0.2, -0.15) is 0 Å². The maximum absolute atomic E-state index is 6.99. The van der Waals surface area contributed by atoms with Gasteiger partial charge in [0.15, 0.2) is 6.10 Å². The van der Waals surface area contributed by atoms with E-state index in [4.69, 9.17) is 19.5 Å². The van der Waals surface area contributed by atoms with Crippen LogP contribution in [-0.2, 0) is 21.0 Å². The van der Waals surface area contributed by atoms with Gasteiger partial charge in [0, 0.05) is 34.0 Å². The second-order valence-corrected chi connectivity index (χ2v) is 18.0. The highest BCUT2D eigenvalue weighted by Gasteiger charge is 2.38. The van der Waals surface area contributed by atoms with Crippen molar-refractivity contribution in [2.24, 2.45) is 4.99 Å². The Hall–Kier alpha value is -5.68. The number of benzene rings is 5. The number of aryl methyl sites for hydroxylation is 1. The molecule has 4 heterocycles. The van der Waals surface area contributed by atoms with E-state index in [1.807, 2.05) is 24.4 Å². The van der Waals surface area contributed by atoms with E-state index in [0.717, 1.165) is 50.7 Å². The fourth-order valence-corrected chi connectivity index (χ4v) is 8.42. The summed E-state index contributed by atoms with van der Waals surface area (Å²) in [6, 6.07) is 40.8. The van der Waals surface area contributed by atoms with Crippen LogP contribution in [0.15, 0.2) is 126 Å². The Kier molecular flexibility index (Phi) is 7.92. The zero-order valence-electron chi connectivity index (χ0n) is 33.4. The fraction of sp³-hybridized carbons (Fsp3) is 0.280. The van der Waals surface area contributed by atoms with Crippen LogP contribution in [0.2, 0.25) is 0 Å². The molecule has 0 spiro atoms. The molecule has 7 aromatic rings. The number of hydrogen-bond donors (Lipinski definition) is 0. The molecule has 0 bridgehead atoms. The second kappa shape index (κ2) is 12.4. The largest absolute Gasteiger partial charge is 0.467 e. The second-order valence-electron chi connectivity index (χ2n) is 18.0. The van der Waals surface area contributed by atoms with Crippen molar-refractivity contribution in [1.82, 2.24) is 9.55 Å². The van der Waals surface area contributed by atoms with E-state index in [0.29, 0.717) is 5.90 Å². The van der Waals surface area contributed by atoms with E-state index < -0.39 is 0 Å². The molecule has 276 valence electrons. The minimum absolute atomic E-state index is 0.00571. The van der Waals surface area contributed by atoms with Gasteiger partial charge in [-0.25, -0.2) is 9.98 Å². The van der Waals surface area contributed by atoms with Gasteiger partial charge < -0.3 is 9.47 Å². The third-order valence-corrected chi connectivity index (χ3v) is 11.7. The lowest BCUT2D eigenvalue weighted by molar-refractivity contribution is 0.197. The van der Waals surface area contributed by atoms with Crippen LogP contribution in [0.25, 0.3) is 27.6 Å². The van der Waals surface area contributed by atoms with Crippen molar-refractivity contribution < 1.29 is 9.47 Å². The van der Waals surface area contributed by atoms with Gasteiger partial charge in [-0.15, -0.1) is 0 Å². The lowest BCUT2D eigenvalue weighted by Gasteiger charge is -2.36. The van der Waals surface area contributed by atoms with Gasteiger partial charge in [-0.1, -0.05) is 122 Å². The van der Waals surface area contributed by atoms with E-state index in [2.05, 4.69) is 164 Å². The molecular weight excluding hydrogens is 675 g/mol. The summed E-state index contributed by atoms with van der Waals surface area (Å²) in [6.45, 7) is 20.5. The summed E-state index contributed by atoms with van der Waals surface area (Å²) in [5.41, 5.74) is 12.2. The minimum atomic E-state index is -0.246. The molecule has 2 aliphatic rings. The predicted molar refractivity (Wildman–Crippen MR) is 225 cm³/mol. The molecule has 55 heavy (non-hydrogen) atoms. The van der Waals surface area contributed by atoms with E-state index in [9.17, 15) is 0 Å². The molecule has 0 radical (unpaired) electrons. The molecule has 0 fully saturated rings. The maximum Gasteiger partial charge on any atom is 0.217 e. The molecule has 0 saturated heterocycles. The molecule has 2 atom stereocenters. The SMILES string of the molecule is Cc1cc2c(cc1Oc1cc(C3=N[C@H](c4ccccc4)[C@@H](c4ccccc4)O3)cc(C(C)(C)C)c1)-n1c3ncccc3c3cc(C(C)(C)C)cc(c31)C2(C)C. The van der Waals surface area contributed by atoms with Crippen LogP contribution in [0, 0.1) is 6.92 Å². The van der Waals surface area contributed by atoms with Gasteiger partial charge in [0.05, 0.1) is 11.2 Å². The summed E-state index contributed by atoms with van der Waals surface area (Å²) in [4.78, 5) is 10.2. The molecule has 9 rings (SSSR count). The monoisotopic (exact) mass is 723 g/mol. The lowest BCUT2D eigenvalue weighted by Crippen LogP contribution is -2.27. The number of nitrogens with zero attached hydrogens (tertiary/aromatic N) is 3. The average molecular weight is 724 g/mol. The summed E-state index contributed by atoms with van der Waals surface area (Å²) in [7, 11) is 0. The third-order valence-electron chi connectivity index (χ3n) is 11.7. The number of pyridine rings is 1. The Labute approximate surface area is 324 Å². The van der Waals surface area contributed by atoms with Crippen LogP contribution in [0.5, 0.6) is 11.5 Å². The highest BCUT2D eigenvalue weighted by Crippen LogP contribution is 2.50. The number of hydrogen-bond acceptors (Lipinski definition) is 4. The normalized spacial score (nSPS) is 17.6. The average Bonchev–Trinajstić information content (AvgIpc) is 3.75. The molecule has 5 heteroatoms. The smallest absolute Gasteiger partial charge is 0.217 e.